The first kappa shape index (κ1) is 15.0. The molecule has 0 unspecified atom stereocenters. The molecule has 6 nitrogen and oxygen atoms in total. The summed E-state index contributed by atoms with van der Waals surface area (Å²) in [5, 5.41) is 0. The molecule has 6 heteroatoms. The van der Waals surface area contributed by atoms with Crippen molar-refractivity contribution in [3.8, 4) is 0 Å². The summed E-state index contributed by atoms with van der Waals surface area (Å²) in [7, 11) is 0. The Labute approximate surface area is 132 Å². The van der Waals surface area contributed by atoms with Crippen LogP contribution in [-0.4, -0.2) is 29.5 Å². The van der Waals surface area contributed by atoms with Crippen molar-refractivity contribution in [2.24, 2.45) is 0 Å². The molecule has 0 saturated carbocycles. The van der Waals surface area contributed by atoms with E-state index in [2.05, 4.69) is 4.98 Å². The SMILES string of the molecule is C[C@@H]1Cc2ccccc2N1C(=O)COC(=O)c1ccc[nH]c1=O. The lowest BCUT2D eigenvalue weighted by Gasteiger charge is -2.22. The number of hydrogen-bond acceptors (Lipinski definition) is 4. The van der Waals surface area contributed by atoms with Crippen LogP contribution in [0.5, 0.6) is 0 Å². The average Bonchev–Trinajstić information content (AvgIpc) is 2.88. The highest BCUT2D eigenvalue weighted by molar-refractivity contribution is 5.99. The molecular formula is C17H16N2O4. The van der Waals surface area contributed by atoms with Gasteiger partial charge in [-0.15, -0.1) is 0 Å². The molecule has 1 amide bonds. The Morgan fingerprint density at radius 1 is 1.26 bits per heavy atom. The molecule has 3 rings (SSSR count). The second-order valence-electron chi connectivity index (χ2n) is 5.43. The molecule has 0 bridgehead atoms. The zero-order valence-electron chi connectivity index (χ0n) is 12.6. The van der Waals surface area contributed by atoms with Crippen molar-refractivity contribution in [2.75, 3.05) is 11.5 Å². The maximum Gasteiger partial charge on any atom is 0.344 e. The zero-order chi connectivity index (χ0) is 16.4. The van der Waals surface area contributed by atoms with Gasteiger partial charge in [0.25, 0.3) is 11.5 Å². The minimum absolute atomic E-state index is 0.0127. The number of fused-ring (bicyclic) bond motifs is 1. The summed E-state index contributed by atoms with van der Waals surface area (Å²) in [4.78, 5) is 39.9. The Hall–Kier alpha value is -2.89. The molecule has 1 aromatic carbocycles. The number of pyridine rings is 1. The van der Waals surface area contributed by atoms with Gasteiger partial charge in [0.15, 0.2) is 6.61 Å². The van der Waals surface area contributed by atoms with Gasteiger partial charge in [0.2, 0.25) is 0 Å². The van der Waals surface area contributed by atoms with Crippen LogP contribution in [0.15, 0.2) is 47.4 Å². The van der Waals surface area contributed by atoms with Crippen molar-refractivity contribution in [1.82, 2.24) is 4.98 Å². The number of nitrogens with one attached hydrogen (secondary N) is 1. The normalized spacial score (nSPS) is 16.0. The molecule has 1 aliphatic heterocycles. The largest absolute Gasteiger partial charge is 0.452 e. The van der Waals surface area contributed by atoms with Gasteiger partial charge in [-0.05, 0) is 37.1 Å². The summed E-state index contributed by atoms with van der Waals surface area (Å²) in [6.07, 6.45) is 2.20. The van der Waals surface area contributed by atoms with Crippen LogP contribution in [0.1, 0.15) is 22.8 Å². The van der Waals surface area contributed by atoms with Crippen LogP contribution < -0.4 is 10.5 Å². The number of amides is 1. The Morgan fingerprint density at radius 3 is 2.83 bits per heavy atom. The van der Waals surface area contributed by atoms with E-state index in [0.29, 0.717) is 0 Å². The summed E-state index contributed by atoms with van der Waals surface area (Å²) in [5.74, 6) is -1.11. The van der Waals surface area contributed by atoms with E-state index in [0.717, 1.165) is 17.7 Å². The van der Waals surface area contributed by atoms with Crippen LogP contribution in [0.2, 0.25) is 0 Å². The van der Waals surface area contributed by atoms with Crippen molar-refractivity contribution in [1.29, 1.82) is 0 Å². The van der Waals surface area contributed by atoms with Crippen molar-refractivity contribution in [3.05, 3.63) is 64.1 Å². The van der Waals surface area contributed by atoms with Gasteiger partial charge in [-0.3, -0.25) is 9.59 Å². The van der Waals surface area contributed by atoms with Crippen molar-refractivity contribution in [2.45, 2.75) is 19.4 Å². The van der Waals surface area contributed by atoms with Gasteiger partial charge in [-0.2, -0.15) is 0 Å². The molecule has 0 radical (unpaired) electrons. The fourth-order valence-corrected chi connectivity index (χ4v) is 2.80. The third-order valence-corrected chi connectivity index (χ3v) is 3.84. The number of ether oxygens (including phenoxy) is 1. The standard InChI is InChI=1S/C17H16N2O4/c1-11-9-12-5-2-3-7-14(12)19(11)15(20)10-23-17(22)13-6-4-8-18-16(13)21/h2-8,11H,9-10H2,1H3,(H,18,21)/t11-/m1/s1. The Kier molecular flexibility index (Phi) is 3.97. The molecule has 118 valence electrons. The van der Waals surface area contributed by atoms with Crippen LogP contribution in [0.4, 0.5) is 5.69 Å². The van der Waals surface area contributed by atoms with E-state index in [-0.39, 0.29) is 17.5 Å². The number of para-hydroxylation sites is 1. The average molecular weight is 312 g/mol. The summed E-state index contributed by atoms with van der Waals surface area (Å²) in [5.41, 5.74) is 1.29. The number of nitrogens with zero attached hydrogens (tertiary/aromatic N) is 1. The van der Waals surface area contributed by atoms with Crippen LogP contribution in [-0.2, 0) is 16.0 Å². The molecule has 1 aromatic heterocycles. The highest BCUT2D eigenvalue weighted by atomic mass is 16.5. The number of rotatable bonds is 3. The number of carbonyl (C=O) groups is 2. The Balaban J connectivity index is 1.70. The number of carbonyl (C=O) groups excluding carboxylic acids is 2. The van der Waals surface area contributed by atoms with Gasteiger partial charge in [0.1, 0.15) is 5.56 Å². The minimum atomic E-state index is -0.805. The first-order valence-electron chi connectivity index (χ1n) is 7.32. The van der Waals surface area contributed by atoms with Gasteiger partial charge in [-0.25, -0.2) is 4.79 Å². The quantitative estimate of drug-likeness (QED) is 0.871. The van der Waals surface area contributed by atoms with Crippen LogP contribution >= 0.6 is 0 Å². The Morgan fingerprint density at radius 2 is 2.04 bits per heavy atom. The number of H-pyrrole nitrogens is 1. The second-order valence-corrected chi connectivity index (χ2v) is 5.43. The van der Waals surface area contributed by atoms with Crippen LogP contribution in [0.3, 0.4) is 0 Å². The van der Waals surface area contributed by atoms with E-state index in [1.165, 1.54) is 18.3 Å². The first-order chi connectivity index (χ1) is 11.1. The number of benzene rings is 1. The predicted octanol–water partition coefficient (Wildman–Crippen LogP) is 1.51. The molecule has 1 aliphatic rings. The molecule has 0 aliphatic carbocycles. The fraction of sp³-hybridized carbons (Fsp3) is 0.235. The molecule has 2 aromatic rings. The Bertz CT molecular complexity index is 812. The molecule has 0 saturated heterocycles. The van der Waals surface area contributed by atoms with Gasteiger partial charge in [-0.1, -0.05) is 18.2 Å². The highest BCUT2D eigenvalue weighted by Crippen LogP contribution is 2.31. The second kappa shape index (κ2) is 6.08. The topological polar surface area (TPSA) is 79.5 Å². The lowest BCUT2D eigenvalue weighted by atomic mass is 10.1. The van der Waals surface area contributed by atoms with E-state index < -0.39 is 18.1 Å². The monoisotopic (exact) mass is 312 g/mol. The summed E-state index contributed by atoms with van der Waals surface area (Å²) < 4.78 is 5.00. The smallest absolute Gasteiger partial charge is 0.344 e. The lowest BCUT2D eigenvalue weighted by molar-refractivity contribution is -0.122. The predicted molar refractivity (Wildman–Crippen MR) is 84.4 cm³/mol. The molecular weight excluding hydrogens is 296 g/mol. The van der Waals surface area contributed by atoms with E-state index in [1.807, 2.05) is 31.2 Å². The minimum Gasteiger partial charge on any atom is -0.452 e. The number of anilines is 1. The first-order valence-corrected chi connectivity index (χ1v) is 7.32. The fourth-order valence-electron chi connectivity index (χ4n) is 2.80. The van der Waals surface area contributed by atoms with E-state index in [4.69, 9.17) is 4.74 Å². The zero-order valence-corrected chi connectivity index (χ0v) is 12.6. The van der Waals surface area contributed by atoms with Gasteiger partial charge in [0, 0.05) is 17.9 Å². The summed E-state index contributed by atoms with van der Waals surface area (Å²) >= 11 is 0. The summed E-state index contributed by atoms with van der Waals surface area (Å²) in [6, 6.07) is 10.6. The molecule has 2 heterocycles. The number of esters is 1. The summed E-state index contributed by atoms with van der Waals surface area (Å²) in [6.45, 7) is 1.55. The third kappa shape index (κ3) is 2.88. The van der Waals surface area contributed by atoms with Gasteiger partial charge >= 0.3 is 5.97 Å². The molecule has 0 fully saturated rings. The molecule has 1 atom stereocenters. The number of aromatic nitrogens is 1. The number of aromatic amines is 1. The third-order valence-electron chi connectivity index (χ3n) is 3.84. The number of hydrogen-bond donors (Lipinski definition) is 1. The maximum atomic E-state index is 12.4. The van der Waals surface area contributed by atoms with Crippen LogP contribution in [0, 0.1) is 0 Å². The maximum absolute atomic E-state index is 12.4. The van der Waals surface area contributed by atoms with Gasteiger partial charge < -0.3 is 14.6 Å². The van der Waals surface area contributed by atoms with Crippen LogP contribution in [0.25, 0.3) is 0 Å². The molecule has 23 heavy (non-hydrogen) atoms. The van der Waals surface area contributed by atoms with E-state index >= 15 is 0 Å². The van der Waals surface area contributed by atoms with Crippen molar-refractivity contribution in [3.63, 3.8) is 0 Å². The molecule has 1 N–H and O–H groups in total. The van der Waals surface area contributed by atoms with Crippen molar-refractivity contribution < 1.29 is 14.3 Å². The molecule has 0 spiro atoms. The van der Waals surface area contributed by atoms with E-state index in [9.17, 15) is 14.4 Å². The highest BCUT2D eigenvalue weighted by Gasteiger charge is 2.31. The van der Waals surface area contributed by atoms with E-state index in [1.54, 1.807) is 4.90 Å². The lowest BCUT2D eigenvalue weighted by Crippen LogP contribution is -2.39. The van der Waals surface area contributed by atoms with Gasteiger partial charge in [0.05, 0.1) is 0 Å². The van der Waals surface area contributed by atoms with Crippen molar-refractivity contribution >= 4 is 17.6 Å².